The number of thioether (sulfide) groups is 4. The largest absolute Gasteiger partial charge is 0.119 e. The number of rotatable bonds is 0. The number of benzene rings is 1. The van der Waals surface area contributed by atoms with Crippen LogP contribution in [-0.4, -0.2) is 10.1 Å². The lowest BCUT2D eigenvalue weighted by Crippen LogP contribution is -2.31. The second-order valence-corrected chi connectivity index (χ2v) is 15.4. The van der Waals surface area contributed by atoms with Crippen LogP contribution in [0.2, 0.25) is 0 Å². The maximum absolute atomic E-state index is 4.19. The van der Waals surface area contributed by atoms with Crippen LogP contribution >= 0.6 is 78.9 Å². The van der Waals surface area contributed by atoms with Gasteiger partial charge in [0.15, 0.2) is 0 Å². The highest BCUT2D eigenvalue weighted by Crippen LogP contribution is 2.65. The van der Waals surface area contributed by atoms with Gasteiger partial charge in [-0.3, -0.25) is 0 Å². The minimum Gasteiger partial charge on any atom is -0.119 e. The topological polar surface area (TPSA) is 0 Å². The first-order chi connectivity index (χ1) is 15.0. The highest BCUT2D eigenvalue weighted by Gasteiger charge is 2.45. The molecule has 5 rings (SSSR count). The van der Waals surface area contributed by atoms with Gasteiger partial charge in [-0.05, 0) is 97.1 Å². The van der Waals surface area contributed by atoms with Crippen LogP contribution in [0.4, 0.5) is 0 Å². The van der Waals surface area contributed by atoms with Crippen molar-refractivity contribution in [1.82, 2.24) is 0 Å². The Hall–Kier alpha value is 0.540. The van der Waals surface area contributed by atoms with E-state index in [2.05, 4.69) is 99.0 Å². The van der Waals surface area contributed by atoms with Crippen LogP contribution in [0.5, 0.6) is 0 Å². The van der Waals surface area contributed by atoms with Crippen LogP contribution < -0.4 is 0 Å². The molecule has 2 aliphatic carbocycles. The molecule has 0 spiro atoms. The fourth-order valence-electron chi connectivity index (χ4n) is 4.90. The van der Waals surface area contributed by atoms with Gasteiger partial charge in [0.25, 0.3) is 0 Å². The number of hydrogen-bond donors (Lipinski definition) is 0. The first-order valence-corrected chi connectivity index (χ1v) is 16.1. The zero-order valence-corrected chi connectivity index (χ0v) is 26.1. The molecule has 0 aromatic heterocycles. The molecule has 4 atom stereocenters. The monoisotopic (exact) mass is 626 g/mol. The number of fused-ring (bicyclic) bond motifs is 2. The van der Waals surface area contributed by atoms with Gasteiger partial charge >= 0.3 is 0 Å². The number of allylic oxidation sites excluding steroid dienone is 5. The molecule has 0 radical (unpaired) electrons. The lowest BCUT2D eigenvalue weighted by Gasteiger charge is -2.43. The first kappa shape index (κ1) is 24.2. The molecule has 4 unspecified atom stereocenters. The molecule has 6 heteroatoms. The smallest absolute Gasteiger partial charge is 0.0638 e. The molecule has 2 heterocycles. The van der Waals surface area contributed by atoms with Crippen molar-refractivity contribution in [3.8, 4) is 0 Å². The van der Waals surface area contributed by atoms with E-state index in [1.54, 1.807) is 10.5 Å². The molecule has 2 aliphatic heterocycles. The van der Waals surface area contributed by atoms with Crippen molar-refractivity contribution >= 4 is 78.9 Å². The summed E-state index contributed by atoms with van der Waals surface area (Å²) in [6.45, 7) is 18.6. The number of alkyl halides is 1. The zero-order chi connectivity index (χ0) is 23.2. The second kappa shape index (κ2) is 8.58. The van der Waals surface area contributed by atoms with E-state index in [-0.39, 0.29) is 0 Å². The van der Waals surface area contributed by atoms with E-state index in [0.29, 0.717) is 21.9 Å². The van der Waals surface area contributed by atoms with Crippen LogP contribution in [0.1, 0.15) is 49.9 Å². The summed E-state index contributed by atoms with van der Waals surface area (Å²) in [6.07, 6.45) is 0. The van der Waals surface area contributed by atoms with Gasteiger partial charge in [0, 0.05) is 38.8 Å². The molecule has 0 saturated carbocycles. The highest BCUT2D eigenvalue weighted by atomic mass is 79.9. The minimum absolute atomic E-state index is 0.335. The van der Waals surface area contributed by atoms with Gasteiger partial charge < -0.3 is 0 Å². The normalized spacial score (nSPS) is 29.8. The predicted octanol–water partition coefficient (Wildman–Crippen LogP) is 10.4. The Labute approximate surface area is 226 Å². The Morgan fingerprint density at radius 2 is 1.25 bits per heavy atom. The summed E-state index contributed by atoms with van der Waals surface area (Å²) < 4.78 is 1.31. The van der Waals surface area contributed by atoms with Crippen molar-refractivity contribution in [3.05, 3.63) is 62.4 Å². The third-order valence-electron chi connectivity index (χ3n) is 7.87. The Balaban J connectivity index is 1.62. The van der Waals surface area contributed by atoms with Crippen LogP contribution in [0.3, 0.4) is 0 Å². The van der Waals surface area contributed by atoms with Crippen molar-refractivity contribution < 1.29 is 0 Å². The van der Waals surface area contributed by atoms with Gasteiger partial charge in [0.05, 0.1) is 10.1 Å². The molecule has 0 saturated heterocycles. The van der Waals surface area contributed by atoms with Crippen molar-refractivity contribution in [2.45, 2.75) is 75.3 Å². The van der Waals surface area contributed by atoms with Gasteiger partial charge in [-0.15, -0.1) is 11.8 Å². The van der Waals surface area contributed by atoms with Crippen molar-refractivity contribution in [2.75, 3.05) is 0 Å². The maximum Gasteiger partial charge on any atom is 0.0638 e. The van der Waals surface area contributed by atoms with E-state index >= 15 is 0 Å². The van der Waals surface area contributed by atoms with Gasteiger partial charge in [-0.2, -0.15) is 0 Å². The quantitative estimate of drug-likeness (QED) is 0.262. The van der Waals surface area contributed by atoms with Gasteiger partial charge in [-0.1, -0.05) is 70.6 Å². The standard InChI is InChI=1S/C26H28Br2S4/c1-9-10(2)14(6)20-19(13(9)5)29-23-17(27)25-26(18(28)24(23)30-20)32-22-16(8)12(4)11(3)15(7)21(22)31-25/h9,13,17,23H,1-8H3. The molecule has 0 amide bonds. The van der Waals surface area contributed by atoms with E-state index in [1.807, 2.05) is 35.3 Å². The van der Waals surface area contributed by atoms with Crippen LogP contribution in [-0.2, 0) is 0 Å². The Morgan fingerprint density at radius 3 is 1.88 bits per heavy atom. The Bertz CT molecular complexity index is 1200. The lowest BCUT2D eigenvalue weighted by molar-refractivity contribution is 0.509. The molecular formula is C26H28Br2S4. The molecule has 170 valence electrons. The molecule has 32 heavy (non-hydrogen) atoms. The summed E-state index contributed by atoms with van der Waals surface area (Å²) in [5, 5.41) is 0.426. The summed E-state index contributed by atoms with van der Waals surface area (Å²) in [6, 6.07) is 0. The van der Waals surface area contributed by atoms with Crippen molar-refractivity contribution in [3.63, 3.8) is 0 Å². The van der Waals surface area contributed by atoms with Gasteiger partial charge in [-0.25, -0.2) is 0 Å². The first-order valence-electron chi connectivity index (χ1n) is 11.0. The molecule has 4 aliphatic rings. The third-order valence-corrected chi connectivity index (χ3v) is 17.1. The zero-order valence-electron chi connectivity index (χ0n) is 19.7. The van der Waals surface area contributed by atoms with E-state index in [1.165, 1.54) is 61.7 Å². The summed E-state index contributed by atoms with van der Waals surface area (Å²) in [4.78, 5) is 10.7. The maximum atomic E-state index is 4.19. The predicted molar refractivity (Wildman–Crippen MR) is 155 cm³/mol. The van der Waals surface area contributed by atoms with Crippen LogP contribution in [0.25, 0.3) is 0 Å². The van der Waals surface area contributed by atoms with Crippen molar-refractivity contribution in [2.24, 2.45) is 11.8 Å². The average molecular weight is 629 g/mol. The average Bonchev–Trinajstić information content (AvgIpc) is 2.80. The summed E-state index contributed by atoms with van der Waals surface area (Å²) in [5.41, 5.74) is 8.80. The SMILES string of the molecule is CC1=C(C)C(C)C(C)C2=C1SC1=C(Br)C3=C(Sc4c(C)c(C)c(C)c(C)c4S3)C(Br)C1S2. The minimum atomic E-state index is 0.335. The van der Waals surface area contributed by atoms with Gasteiger partial charge in [0.1, 0.15) is 0 Å². The third kappa shape index (κ3) is 3.40. The molecule has 1 aromatic carbocycles. The lowest BCUT2D eigenvalue weighted by atomic mass is 9.82. The number of halogens is 2. The highest BCUT2D eigenvalue weighted by molar-refractivity contribution is 9.12. The van der Waals surface area contributed by atoms with E-state index in [9.17, 15) is 0 Å². The molecule has 1 aromatic rings. The van der Waals surface area contributed by atoms with E-state index < -0.39 is 0 Å². The fourth-order valence-corrected chi connectivity index (χ4v) is 13.9. The second-order valence-electron chi connectivity index (χ2n) is 9.35. The summed E-state index contributed by atoms with van der Waals surface area (Å²) >= 11 is 16.4. The Morgan fingerprint density at radius 1 is 0.656 bits per heavy atom. The van der Waals surface area contributed by atoms with Crippen LogP contribution in [0.15, 0.2) is 49.9 Å². The molecule has 0 fully saturated rings. The summed E-state index contributed by atoms with van der Waals surface area (Å²) in [7, 11) is 0. The van der Waals surface area contributed by atoms with Crippen molar-refractivity contribution in [1.29, 1.82) is 0 Å². The molecule has 0 bridgehead atoms. The van der Waals surface area contributed by atoms with Gasteiger partial charge in [0.2, 0.25) is 0 Å². The summed E-state index contributed by atoms with van der Waals surface area (Å²) in [5.74, 6) is 1.21. The fraction of sp³-hybridized carbons (Fsp3) is 0.462. The number of hydrogen-bond acceptors (Lipinski definition) is 4. The van der Waals surface area contributed by atoms with E-state index in [0.717, 1.165) is 0 Å². The van der Waals surface area contributed by atoms with Crippen LogP contribution in [0, 0.1) is 39.5 Å². The Kier molecular flexibility index (Phi) is 6.50. The molecular weight excluding hydrogens is 600 g/mol. The molecule has 0 N–H and O–H groups in total. The molecule has 0 nitrogen and oxygen atoms in total. The van der Waals surface area contributed by atoms with E-state index in [4.69, 9.17) is 0 Å².